The maximum Gasteiger partial charge on any atom is 0.341 e. The van der Waals surface area contributed by atoms with Crippen LogP contribution in [0.4, 0.5) is 0 Å². The molecule has 3 rings (SSSR count). The third-order valence-corrected chi connectivity index (χ3v) is 3.41. The van der Waals surface area contributed by atoms with Gasteiger partial charge in [-0.2, -0.15) is 0 Å². The summed E-state index contributed by atoms with van der Waals surface area (Å²) in [5, 5.41) is 9.22. The molecule has 2 heterocycles. The lowest BCUT2D eigenvalue weighted by Crippen LogP contribution is -2.19. The van der Waals surface area contributed by atoms with Gasteiger partial charge in [0.1, 0.15) is 11.7 Å². The quantitative estimate of drug-likeness (QED) is 0.877. The number of carboxylic acid groups (broad SMARTS) is 1. The number of fused-ring (bicyclic) bond motifs is 1. The highest BCUT2D eigenvalue weighted by Gasteiger charge is 2.24. The number of aromatic carboxylic acids is 1. The van der Waals surface area contributed by atoms with Gasteiger partial charge in [0.25, 0.3) is 0 Å². The molecule has 1 saturated heterocycles. The van der Waals surface area contributed by atoms with Crippen LogP contribution in [0.5, 0.6) is 5.88 Å². The normalized spacial score (nSPS) is 21.9. The molecule has 0 saturated carbocycles. The second-order valence-electron chi connectivity index (χ2n) is 4.71. The zero-order valence-corrected chi connectivity index (χ0v) is 10.0. The fourth-order valence-corrected chi connectivity index (χ4v) is 2.46. The van der Waals surface area contributed by atoms with Crippen LogP contribution >= 0.6 is 0 Å². The van der Waals surface area contributed by atoms with Crippen molar-refractivity contribution in [3.63, 3.8) is 0 Å². The molecule has 0 bridgehead atoms. The Morgan fingerprint density at radius 3 is 3.11 bits per heavy atom. The number of carboxylic acids is 1. The number of ether oxygens (including phenoxy) is 2. The number of nitrogens with zero attached hydrogens (tertiary/aromatic N) is 1. The van der Waals surface area contributed by atoms with Crippen LogP contribution in [0.3, 0.4) is 0 Å². The second-order valence-corrected chi connectivity index (χ2v) is 4.71. The van der Waals surface area contributed by atoms with Gasteiger partial charge in [-0.15, -0.1) is 0 Å². The highest BCUT2D eigenvalue weighted by molar-refractivity contribution is 5.90. The first-order chi connectivity index (χ1) is 8.74. The Hall–Kier alpha value is -1.62. The second kappa shape index (κ2) is 4.57. The minimum absolute atomic E-state index is 0.0740. The predicted octanol–water partition coefficient (Wildman–Crippen LogP) is 1.44. The van der Waals surface area contributed by atoms with Gasteiger partial charge in [0.05, 0.1) is 13.2 Å². The summed E-state index contributed by atoms with van der Waals surface area (Å²) in [5.41, 5.74) is 2.19. The summed E-state index contributed by atoms with van der Waals surface area (Å²) < 4.78 is 10.9. The zero-order valence-electron chi connectivity index (χ0n) is 10.0. The Labute approximate surface area is 105 Å². The Kier molecular flexibility index (Phi) is 2.91. The van der Waals surface area contributed by atoms with Crippen molar-refractivity contribution in [1.82, 2.24) is 4.98 Å². The van der Waals surface area contributed by atoms with E-state index in [1.165, 1.54) is 0 Å². The average Bonchev–Trinajstić information content (AvgIpc) is 2.97. The van der Waals surface area contributed by atoms with Crippen molar-refractivity contribution in [1.29, 1.82) is 0 Å². The van der Waals surface area contributed by atoms with Gasteiger partial charge in [-0.3, -0.25) is 0 Å². The van der Waals surface area contributed by atoms with Crippen LogP contribution in [-0.2, 0) is 17.6 Å². The molecule has 5 nitrogen and oxygen atoms in total. The van der Waals surface area contributed by atoms with Crippen LogP contribution in [0.15, 0.2) is 6.07 Å². The van der Waals surface area contributed by atoms with E-state index in [-0.39, 0.29) is 17.5 Å². The van der Waals surface area contributed by atoms with Gasteiger partial charge >= 0.3 is 5.97 Å². The molecule has 1 aromatic rings. The molecule has 0 amide bonds. The maximum absolute atomic E-state index is 11.2. The zero-order chi connectivity index (χ0) is 12.5. The van der Waals surface area contributed by atoms with Gasteiger partial charge in [0.2, 0.25) is 5.88 Å². The van der Waals surface area contributed by atoms with E-state index in [9.17, 15) is 9.90 Å². The first-order valence-electron chi connectivity index (χ1n) is 6.24. The van der Waals surface area contributed by atoms with Gasteiger partial charge in [0.15, 0.2) is 0 Å². The first kappa shape index (κ1) is 11.5. The molecule has 1 N–H and O–H groups in total. The number of aryl methyl sites for hydroxylation is 2. The van der Waals surface area contributed by atoms with E-state index in [1.54, 1.807) is 6.07 Å². The van der Waals surface area contributed by atoms with E-state index < -0.39 is 5.97 Å². The summed E-state index contributed by atoms with van der Waals surface area (Å²) in [7, 11) is 0. The molecule has 1 aromatic heterocycles. The highest BCUT2D eigenvalue weighted by Crippen LogP contribution is 2.28. The monoisotopic (exact) mass is 249 g/mol. The van der Waals surface area contributed by atoms with Gasteiger partial charge < -0.3 is 14.6 Å². The van der Waals surface area contributed by atoms with E-state index in [0.717, 1.165) is 36.9 Å². The molecular formula is C13H15NO4. The number of carbonyl (C=O) groups is 1. The molecule has 2 aliphatic rings. The number of pyridine rings is 1. The molecule has 5 heteroatoms. The third kappa shape index (κ3) is 2.06. The van der Waals surface area contributed by atoms with Crippen molar-refractivity contribution < 1.29 is 19.4 Å². The van der Waals surface area contributed by atoms with Crippen molar-refractivity contribution in [3.05, 3.63) is 22.9 Å². The third-order valence-electron chi connectivity index (χ3n) is 3.41. The first-order valence-corrected chi connectivity index (χ1v) is 6.24. The Bertz CT molecular complexity index is 480. The van der Waals surface area contributed by atoms with E-state index in [4.69, 9.17) is 9.47 Å². The predicted molar refractivity (Wildman–Crippen MR) is 63.1 cm³/mol. The molecule has 96 valence electrons. The summed E-state index contributed by atoms with van der Waals surface area (Å²) in [6.45, 7) is 1.18. The largest absolute Gasteiger partial charge is 0.477 e. The fraction of sp³-hybridized carbons (Fsp3) is 0.538. The molecular weight excluding hydrogens is 234 g/mol. The smallest absolute Gasteiger partial charge is 0.341 e. The molecule has 1 fully saturated rings. The summed E-state index contributed by atoms with van der Waals surface area (Å²) >= 11 is 0. The van der Waals surface area contributed by atoms with Crippen LogP contribution in [0.2, 0.25) is 0 Å². The molecule has 1 atom stereocenters. The number of hydrogen-bond acceptors (Lipinski definition) is 4. The molecule has 18 heavy (non-hydrogen) atoms. The molecule has 0 radical (unpaired) electrons. The van der Waals surface area contributed by atoms with Crippen LogP contribution in [-0.4, -0.2) is 35.4 Å². The van der Waals surface area contributed by atoms with E-state index >= 15 is 0 Å². The fourth-order valence-electron chi connectivity index (χ4n) is 2.46. The maximum atomic E-state index is 11.2. The minimum atomic E-state index is -0.980. The van der Waals surface area contributed by atoms with Crippen LogP contribution < -0.4 is 4.74 Å². The van der Waals surface area contributed by atoms with Crippen molar-refractivity contribution in [2.45, 2.75) is 31.8 Å². The van der Waals surface area contributed by atoms with E-state index in [0.29, 0.717) is 13.2 Å². The Morgan fingerprint density at radius 1 is 1.50 bits per heavy atom. The SMILES string of the molecule is O=C(O)c1cc2c(nc1OC1CCOC1)CCC2. The summed E-state index contributed by atoms with van der Waals surface area (Å²) in [4.78, 5) is 15.6. The van der Waals surface area contributed by atoms with Crippen LogP contribution in [0, 0.1) is 0 Å². The molecule has 1 aliphatic heterocycles. The highest BCUT2D eigenvalue weighted by atomic mass is 16.5. The van der Waals surface area contributed by atoms with Gasteiger partial charge in [-0.25, -0.2) is 9.78 Å². The minimum Gasteiger partial charge on any atom is -0.477 e. The molecule has 0 spiro atoms. The number of hydrogen-bond donors (Lipinski definition) is 1. The van der Waals surface area contributed by atoms with Crippen molar-refractivity contribution in [2.75, 3.05) is 13.2 Å². The lowest BCUT2D eigenvalue weighted by molar-refractivity contribution is 0.0685. The Morgan fingerprint density at radius 2 is 2.39 bits per heavy atom. The van der Waals surface area contributed by atoms with Gasteiger partial charge in [-0.05, 0) is 30.9 Å². The number of rotatable bonds is 3. The van der Waals surface area contributed by atoms with E-state index in [2.05, 4.69) is 4.98 Å². The van der Waals surface area contributed by atoms with Crippen LogP contribution in [0.1, 0.15) is 34.5 Å². The topological polar surface area (TPSA) is 68.7 Å². The summed E-state index contributed by atoms with van der Waals surface area (Å²) in [6, 6.07) is 1.71. The van der Waals surface area contributed by atoms with Crippen molar-refractivity contribution in [2.24, 2.45) is 0 Å². The molecule has 0 aromatic carbocycles. The molecule has 1 aliphatic carbocycles. The standard InChI is InChI=1S/C13H15NO4/c15-13(16)10-6-8-2-1-3-11(8)14-12(10)18-9-4-5-17-7-9/h6,9H,1-5,7H2,(H,15,16). The van der Waals surface area contributed by atoms with Crippen LogP contribution in [0.25, 0.3) is 0 Å². The lowest BCUT2D eigenvalue weighted by atomic mass is 10.1. The number of aromatic nitrogens is 1. The van der Waals surface area contributed by atoms with Gasteiger partial charge in [0, 0.05) is 12.1 Å². The van der Waals surface area contributed by atoms with Gasteiger partial charge in [-0.1, -0.05) is 0 Å². The lowest BCUT2D eigenvalue weighted by Gasteiger charge is -2.14. The Balaban J connectivity index is 1.92. The molecule has 1 unspecified atom stereocenters. The summed E-state index contributed by atoms with van der Waals surface area (Å²) in [6.07, 6.45) is 3.58. The summed E-state index contributed by atoms with van der Waals surface area (Å²) in [5.74, 6) is -0.732. The average molecular weight is 249 g/mol. The van der Waals surface area contributed by atoms with Crippen molar-refractivity contribution >= 4 is 5.97 Å². The van der Waals surface area contributed by atoms with Crippen molar-refractivity contribution in [3.8, 4) is 5.88 Å². The van der Waals surface area contributed by atoms with E-state index in [1.807, 2.05) is 0 Å².